The number of thiocarbonyl (C=S) groups is 1. The maximum Gasteiger partial charge on any atom is 0.186 e. The highest BCUT2D eigenvalue weighted by Crippen LogP contribution is 2.36. The van der Waals surface area contributed by atoms with E-state index < -0.39 is 0 Å². The van der Waals surface area contributed by atoms with Crippen molar-refractivity contribution in [3.8, 4) is 17.2 Å². The number of nitrogens with one attached hydrogen (secondary N) is 2. The van der Waals surface area contributed by atoms with Gasteiger partial charge in [-0.05, 0) is 89.9 Å². The Morgan fingerprint density at radius 2 is 1.86 bits per heavy atom. The Morgan fingerprint density at radius 1 is 1.10 bits per heavy atom. The van der Waals surface area contributed by atoms with Crippen molar-refractivity contribution in [3.63, 3.8) is 0 Å². The van der Waals surface area contributed by atoms with Gasteiger partial charge in [0.05, 0.1) is 17.3 Å². The Kier molecular flexibility index (Phi) is 9.21. The van der Waals surface area contributed by atoms with Crippen LogP contribution >= 0.6 is 28.1 Å². The van der Waals surface area contributed by atoms with Crippen LogP contribution < -0.4 is 25.0 Å². The van der Waals surface area contributed by atoms with Crippen LogP contribution in [0.1, 0.15) is 23.6 Å². The van der Waals surface area contributed by atoms with Crippen molar-refractivity contribution in [1.29, 1.82) is 0 Å². The van der Waals surface area contributed by atoms with Gasteiger partial charge in [0.25, 0.3) is 0 Å². The maximum atomic E-state index is 5.92. The summed E-state index contributed by atoms with van der Waals surface area (Å²) in [6, 6.07) is 9.80. The number of nitrogens with zero attached hydrogens (tertiary/aromatic N) is 1. The van der Waals surface area contributed by atoms with Gasteiger partial charge in [0.2, 0.25) is 0 Å². The van der Waals surface area contributed by atoms with Crippen LogP contribution in [-0.2, 0) is 0 Å². The third-order valence-electron chi connectivity index (χ3n) is 4.02. The summed E-state index contributed by atoms with van der Waals surface area (Å²) in [6.07, 6.45) is 1.66. The van der Waals surface area contributed by atoms with E-state index in [-0.39, 0.29) is 0 Å². The van der Waals surface area contributed by atoms with Crippen LogP contribution in [0.15, 0.2) is 39.9 Å². The van der Waals surface area contributed by atoms with Gasteiger partial charge in [-0.3, -0.25) is 5.43 Å². The smallest absolute Gasteiger partial charge is 0.186 e. The predicted molar refractivity (Wildman–Crippen MR) is 125 cm³/mol. The zero-order chi connectivity index (χ0) is 21.2. The van der Waals surface area contributed by atoms with Gasteiger partial charge in [0, 0.05) is 7.05 Å². The fourth-order valence-electron chi connectivity index (χ4n) is 2.39. The van der Waals surface area contributed by atoms with E-state index in [1.54, 1.807) is 13.3 Å². The highest BCUT2D eigenvalue weighted by atomic mass is 79.9. The van der Waals surface area contributed by atoms with Crippen molar-refractivity contribution in [2.24, 2.45) is 5.10 Å². The Hall–Kier alpha value is -2.32. The van der Waals surface area contributed by atoms with Gasteiger partial charge >= 0.3 is 0 Å². The fraction of sp³-hybridized carbons (Fsp3) is 0.333. The lowest BCUT2D eigenvalue weighted by atomic mass is 10.1. The lowest BCUT2D eigenvalue weighted by Crippen LogP contribution is -2.28. The summed E-state index contributed by atoms with van der Waals surface area (Å²) in [5, 5.41) is 7.32. The number of hydrogen-bond donors (Lipinski definition) is 2. The topological polar surface area (TPSA) is 64.1 Å². The van der Waals surface area contributed by atoms with Crippen LogP contribution in [0.2, 0.25) is 0 Å². The molecule has 0 atom stereocenters. The Bertz CT molecular complexity index is 874. The second-order valence-corrected chi connectivity index (χ2v) is 7.42. The molecule has 0 saturated carbocycles. The molecule has 2 rings (SSSR count). The van der Waals surface area contributed by atoms with E-state index in [1.165, 1.54) is 11.1 Å². The van der Waals surface area contributed by atoms with E-state index in [2.05, 4.69) is 45.6 Å². The molecule has 0 radical (unpaired) electrons. The van der Waals surface area contributed by atoms with Gasteiger partial charge in [-0.15, -0.1) is 0 Å². The van der Waals surface area contributed by atoms with E-state index in [9.17, 15) is 0 Å². The minimum atomic E-state index is 0.386. The quantitative estimate of drug-likeness (QED) is 0.241. The molecule has 0 aliphatic heterocycles. The summed E-state index contributed by atoms with van der Waals surface area (Å²) in [7, 11) is 1.73. The number of hydrogen-bond acceptors (Lipinski definition) is 5. The van der Waals surface area contributed by atoms with Crippen molar-refractivity contribution in [2.75, 3.05) is 26.9 Å². The van der Waals surface area contributed by atoms with Gasteiger partial charge in [-0.1, -0.05) is 6.07 Å². The molecular weight excluding hydrogens is 454 g/mol. The van der Waals surface area contributed by atoms with Crippen molar-refractivity contribution < 1.29 is 14.2 Å². The van der Waals surface area contributed by atoms with Gasteiger partial charge in [-0.25, -0.2) is 0 Å². The lowest BCUT2D eigenvalue weighted by Gasteiger charge is -2.15. The summed E-state index contributed by atoms with van der Waals surface area (Å²) < 4.78 is 18.2. The predicted octanol–water partition coefficient (Wildman–Crippen LogP) is 4.35. The molecule has 0 saturated heterocycles. The first kappa shape index (κ1) is 23.0. The summed E-state index contributed by atoms with van der Waals surface area (Å²) in [5.74, 6) is 2.09. The highest BCUT2D eigenvalue weighted by molar-refractivity contribution is 9.10. The van der Waals surface area contributed by atoms with Gasteiger partial charge in [0.1, 0.15) is 19.0 Å². The molecule has 0 unspecified atom stereocenters. The Balaban J connectivity index is 2.01. The average Bonchev–Trinajstić information content (AvgIpc) is 2.69. The molecule has 8 heteroatoms. The zero-order valence-corrected chi connectivity index (χ0v) is 19.4. The molecule has 156 valence electrons. The third-order valence-corrected chi connectivity index (χ3v) is 4.90. The van der Waals surface area contributed by atoms with Crippen molar-refractivity contribution in [3.05, 3.63) is 51.5 Å². The Labute approximate surface area is 185 Å². The van der Waals surface area contributed by atoms with Gasteiger partial charge in [-0.2, -0.15) is 5.10 Å². The number of hydrazone groups is 1. The summed E-state index contributed by atoms with van der Waals surface area (Å²) in [5.41, 5.74) is 6.00. The molecule has 0 spiro atoms. The second-order valence-electron chi connectivity index (χ2n) is 6.16. The summed E-state index contributed by atoms with van der Waals surface area (Å²) in [4.78, 5) is 0. The summed E-state index contributed by atoms with van der Waals surface area (Å²) in [6.45, 7) is 7.40. The number of ether oxygens (including phenoxy) is 3. The SMILES string of the molecule is CCOc1cc(/C=N/NC(=S)NC)cc(Br)c1OCCOc1ccc(C)c(C)c1. The van der Waals surface area contributed by atoms with Gasteiger partial charge in [0.15, 0.2) is 16.6 Å². The Morgan fingerprint density at radius 3 is 2.55 bits per heavy atom. The molecule has 0 bridgehead atoms. The molecule has 6 nitrogen and oxygen atoms in total. The zero-order valence-electron chi connectivity index (χ0n) is 17.0. The maximum absolute atomic E-state index is 5.92. The number of benzene rings is 2. The second kappa shape index (κ2) is 11.6. The molecule has 0 heterocycles. The fourth-order valence-corrected chi connectivity index (χ4v) is 3.02. The molecule has 0 fully saturated rings. The standard InChI is InChI=1S/C21H26BrN3O3S/c1-5-26-19-12-16(13-24-25-21(29)23-4)11-18(22)20(19)28-9-8-27-17-7-6-14(2)15(3)10-17/h6-7,10-13H,5,8-9H2,1-4H3,(H2,23,25,29)/b24-13+. The van der Waals surface area contributed by atoms with E-state index in [1.807, 2.05) is 37.3 Å². The van der Waals surface area contributed by atoms with Crippen molar-refractivity contribution in [2.45, 2.75) is 20.8 Å². The molecule has 0 aromatic heterocycles. The number of rotatable bonds is 9. The minimum absolute atomic E-state index is 0.386. The van der Waals surface area contributed by atoms with E-state index in [4.69, 9.17) is 26.4 Å². The minimum Gasteiger partial charge on any atom is -0.490 e. The highest BCUT2D eigenvalue weighted by Gasteiger charge is 2.12. The largest absolute Gasteiger partial charge is 0.490 e. The van der Waals surface area contributed by atoms with E-state index >= 15 is 0 Å². The number of halogens is 1. The first-order valence-corrected chi connectivity index (χ1v) is 10.4. The van der Waals surface area contributed by atoms with Crippen LogP contribution in [0, 0.1) is 13.8 Å². The first-order chi connectivity index (χ1) is 13.9. The van der Waals surface area contributed by atoms with E-state index in [0.29, 0.717) is 36.4 Å². The molecule has 2 aromatic rings. The molecular formula is C21H26BrN3O3S. The molecule has 0 aliphatic rings. The molecule has 2 N–H and O–H groups in total. The van der Waals surface area contributed by atoms with Gasteiger partial charge < -0.3 is 19.5 Å². The summed E-state index contributed by atoms with van der Waals surface area (Å²) >= 11 is 8.54. The number of aryl methyl sites for hydroxylation is 2. The lowest BCUT2D eigenvalue weighted by molar-refractivity contribution is 0.207. The first-order valence-electron chi connectivity index (χ1n) is 9.24. The average molecular weight is 480 g/mol. The van der Waals surface area contributed by atoms with E-state index in [0.717, 1.165) is 15.8 Å². The van der Waals surface area contributed by atoms with Crippen LogP contribution in [0.5, 0.6) is 17.2 Å². The normalized spacial score (nSPS) is 10.7. The monoisotopic (exact) mass is 479 g/mol. The van der Waals surface area contributed by atoms with Crippen molar-refractivity contribution in [1.82, 2.24) is 10.7 Å². The van der Waals surface area contributed by atoms with Crippen molar-refractivity contribution >= 4 is 39.5 Å². The van der Waals surface area contributed by atoms with Crippen LogP contribution in [0.4, 0.5) is 0 Å². The third kappa shape index (κ3) is 7.21. The van der Waals surface area contributed by atoms with Crippen LogP contribution in [0.25, 0.3) is 0 Å². The van der Waals surface area contributed by atoms with Crippen LogP contribution in [0.3, 0.4) is 0 Å². The van der Waals surface area contributed by atoms with Crippen LogP contribution in [-0.4, -0.2) is 38.2 Å². The molecule has 0 amide bonds. The molecule has 0 aliphatic carbocycles. The molecule has 29 heavy (non-hydrogen) atoms. The molecule has 2 aromatic carbocycles.